The first-order chi connectivity index (χ1) is 14.5. The quantitative estimate of drug-likeness (QED) is 0.594. The van der Waals surface area contributed by atoms with Crippen molar-refractivity contribution in [2.75, 3.05) is 17.7 Å². The van der Waals surface area contributed by atoms with E-state index in [1.165, 1.54) is 0 Å². The molecule has 0 radical (unpaired) electrons. The van der Waals surface area contributed by atoms with Crippen LogP contribution in [0.5, 0.6) is 5.75 Å². The first-order valence-corrected chi connectivity index (χ1v) is 9.42. The predicted molar refractivity (Wildman–Crippen MR) is 115 cm³/mol. The fourth-order valence-electron chi connectivity index (χ4n) is 2.68. The highest BCUT2D eigenvalue weighted by Crippen LogP contribution is 2.16. The second-order valence-corrected chi connectivity index (χ2v) is 6.56. The maximum absolute atomic E-state index is 12.5. The van der Waals surface area contributed by atoms with Crippen LogP contribution in [0.25, 0.3) is 0 Å². The SMILES string of the molecule is COc1cccc(COC(C)C(=O)Nc2cccc(C(=O)Nc3ccncc3)c2)c1. The summed E-state index contributed by atoms with van der Waals surface area (Å²) in [5.41, 5.74) is 2.49. The topological polar surface area (TPSA) is 89.5 Å². The predicted octanol–water partition coefficient (Wildman–Crippen LogP) is 3.89. The van der Waals surface area contributed by atoms with E-state index in [1.807, 2.05) is 24.3 Å². The van der Waals surface area contributed by atoms with Gasteiger partial charge in [-0.3, -0.25) is 14.6 Å². The molecule has 3 rings (SSSR count). The van der Waals surface area contributed by atoms with Crippen LogP contribution in [-0.2, 0) is 16.1 Å². The molecule has 0 fully saturated rings. The van der Waals surface area contributed by atoms with Crippen LogP contribution < -0.4 is 15.4 Å². The van der Waals surface area contributed by atoms with Crippen molar-refractivity contribution < 1.29 is 19.1 Å². The molecule has 2 N–H and O–H groups in total. The zero-order chi connectivity index (χ0) is 21.3. The van der Waals surface area contributed by atoms with Crippen molar-refractivity contribution in [3.8, 4) is 5.75 Å². The third-order valence-electron chi connectivity index (χ3n) is 4.33. The van der Waals surface area contributed by atoms with Gasteiger partial charge in [0.25, 0.3) is 11.8 Å². The summed E-state index contributed by atoms with van der Waals surface area (Å²) in [5, 5.41) is 5.56. The highest BCUT2D eigenvalue weighted by atomic mass is 16.5. The lowest BCUT2D eigenvalue weighted by Gasteiger charge is -2.14. The lowest BCUT2D eigenvalue weighted by molar-refractivity contribution is -0.127. The zero-order valence-electron chi connectivity index (χ0n) is 16.8. The van der Waals surface area contributed by atoms with E-state index in [-0.39, 0.29) is 18.4 Å². The highest BCUT2D eigenvalue weighted by molar-refractivity contribution is 6.05. The number of carbonyl (C=O) groups excluding carboxylic acids is 2. The minimum absolute atomic E-state index is 0.278. The van der Waals surface area contributed by atoms with Gasteiger partial charge in [0.05, 0.1) is 13.7 Å². The number of nitrogens with zero attached hydrogens (tertiary/aromatic N) is 1. The Bertz CT molecular complexity index is 1010. The minimum Gasteiger partial charge on any atom is -0.497 e. The molecule has 0 aliphatic heterocycles. The number of hydrogen-bond donors (Lipinski definition) is 2. The molecule has 0 saturated carbocycles. The molecule has 2 aromatic carbocycles. The number of carbonyl (C=O) groups is 2. The van der Waals surface area contributed by atoms with E-state index in [0.29, 0.717) is 16.9 Å². The molecular formula is C23H23N3O4. The van der Waals surface area contributed by atoms with Gasteiger partial charge in [0.2, 0.25) is 0 Å². The fourth-order valence-corrected chi connectivity index (χ4v) is 2.68. The summed E-state index contributed by atoms with van der Waals surface area (Å²) in [6.45, 7) is 1.95. The van der Waals surface area contributed by atoms with E-state index >= 15 is 0 Å². The fraction of sp³-hybridized carbons (Fsp3) is 0.174. The first kappa shape index (κ1) is 21.0. The number of amides is 2. The van der Waals surface area contributed by atoms with Crippen LogP contribution in [0.4, 0.5) is 11.4 Å². The molecule has 0 spiro atoms. The van der Waals surface area contributed by atoms with Crippen LogP contribution in [0.15, 0.2) is 73.1 Å². The van der Waals surface area contributed by atoms with E-state index in [9.17, 15) is 9.59 Å². The number of aromatic nitrogens is 1. The molecule has 1 aromatic heterocycles. The largest absolute Gasteiger partial charge is 0.497 e. The Balaban J connectivity index is 1.56. The summed E-state index contributed by atoms with van der Waals surface area (Å²) in [4.78, 5) is 28.8. The second kappa shape index (κ2) is 10.2. The number of rotatable bonds is 8. The molecule has 2 amide bonds. The number of anilines is 2. The van der Waals surface area contributed by atoms with Crippen molar-refractivity contribution in [3.63, 3.8) is 0 Å². The standard InChI is InChI=1S/C23H23N3O4/c1-16(30-15-17-5-3-8-21(13-17)29-2)22(27)26-20-7-4-6-18(14-20)23(28)25-19-9-11-24-12-10-19/h3-14,16H,15H2,1-2H3,(H,26,27)(H,24,25,28). The summed E-state index contributed by atoms with van der Waals surface area (Å²) < 4.78 is 10.9. The van der Waals surface area contributed by atoms with Gasteiger partial charge in [-0.15, -0.1) is 0 Å². The Labute approximate surface area is 175 Å². The van der Waals surface area contributed by atoms with E-state index in [2.05, 4.69) is 15.6 Å². The summed E-state index contributed by atoms with van der Waals surface area (Å²) >= 11 is 0. The van der Waals surface area contributed by atoms with Crippen molar-refractivity contribution >= 4 is 23.2 Å². The number of methoxy groups -OCH3 is 1. The van der Waals surface area contributed by atoms with Gasteiger partial charge in [-0.1, -0.05) is 18.2 Å². The summed E-state index contributed by atoms with van der Waals surface area (Å²) in [6, 6.07) is 17.6. The average molecular weight is 405 g/mol. The molecule has 7 heteroatoms. The lowest BCUT2D eigenvalue weighted by atomic mass is 10.1. The molecule has 3 aromatic rings. The van der Waals surface area contributed by atoms with Gasteiger partial charge in [0.15, 0.2) is 0 Å². The molecule has 154 valence electrons. The van der Waals surface area contributed by atoms with E-state index in [1.54, 1.807) is 62.8 Å². The Morgan fingerprint density at radius 2 is 1.73 bits per heavy atom. The number of nitrogens with one attached hydrogen (secondary N) is 2. The maximum Gasteiger partial charge on any atom is 0.255 e. The van der Waals surface area contributed by atoms with Crippen molar-refractivity contribution in [2.24, 2.45) is 0 Å². The molecule has 0 aliphatic carbocycles. The Hall–Kier alpha value is -3.71. The van der Waals surface area contributed by atoms with Gasteiger partial charge >= 0.3 is 0 Å². The Kier molecular flexibility index (Phi) is 7.13. The summed E-state index contributed by atoms with van der Waals surface area (Å²) in [6.07, 6.45) is 2.52. The number of ether oxygens (including phenoxy) is 2. The maximum atomic E-state index is 12.5. The lowest BCUT2D eigenvalue weighted by Crippen LogP contribution is -2.27. The van der Waals surface area contributed by atoms with Crippen LogP contribution >= 0.6 is 0 Å². The van der Waals surface area contributed by atoms with Crippen LogP contribution in [0.1, 0.15) is 22.8 Å². The molecule has 30 heavy (non-hydrogen) atoms. The smallest absolute Gasteiger partial charge is 0.255 e. The number of hydrogen-bond acceptors (Lipinski definition) is 5. The first-order valence-electron chi connectivity index (χ1n) is 9.42. The number of benzene rings is 2. The Morgan fingerprint density at radius 3 is 2.50 bits per heavy atom. The molecule has 1 heterocycles. The van der Waals surface area contributed by atoms with Gasteiger partial charge in [-0.25, -0.2) is 0 Å². The molecule has 1 unspecified atom stereocenters. The van der Waals surface area contributed by atoms with Crippen LogP contribution in [0, 0.1) is 0 Å². The number of pyridine rings is 1. The van der Waals surface area contributed by atoms with E-state index in [0.717, 1.165) is 11.3 Å². The van der Waals surface area contributed by atoms with Crippen molar-refractivity contribution in [1.29, 1.82) is 0 Å². The monoisotopic (exact) mass is 405 g/mol. The minimum atomic E-state index is -0.675. The van der Waals surface area contributed by atoms with Crippen LogP contribution in [0.2, 0.25) is 0 Å². The van der Waals surface area contributed by atoms with Gasteiger partial charge in [-0.05, 0) is 55.0 Å². The molecule has 0 aliphatic rings. The molecule has 1 atom stereocenters. The van der Waals surface area contributed by atoms with E-state index in [4.69, 9.17) is 9.47 Å². The molecule has 0 saturated heterocycles. The summed E-state index contributed by atoms with van der Waals surface area (Å²) in [7, 11) is 1.60. The van der Waals surface area contributed by atoms with Crippen LogP contribution in [0.3, 0.4) is 0 Å². The van der Waals surface area contributed by atoms with Crippen molar-refractivity contribution in [3.05, 3.63) is 84.2 Å². The summed E-state index contributed by atoms with van der Waals surface area (Å²) in [5.74, 6) is 0.152. The highest BCUT2D eigenvalue weighted by Gasteiger charge is 2.15. The normalized spacial score (nSPS) is 11.4. The second-order valence-electron chi connectivity index (χ2n) is 6.56. The molecule has 0 bridgehead atoms. The van der Waals surface area contributed by atoms with E-state index < -0.39 is 6.10 Å². The molecular weight excluding hydrogens is 382 g/mol. The van der Waals surface area contributed by atoms with Crippen molar-refractivity contribution in [1.82, 2.24) is 4.98 Å². The van der Waals surface area contributed by atoms with Gasteiger partial charge in [-0.2, -0.15) is 0 Å². The van der Waals surface area contributed by atoms with Crippen LogP contribution in [-0.4, -0.2) is 30.0 Å². The average Bonchev–Trinajstić information content (AvgIpc) is 2.78. The third kappa shape index (κ3) is 5.89. The third-order valence-corrected chi connectivity index (χ3v) is 4.33. The van der Waals surface area contributed by atoms with Gasteiger partial charge in [0.1, 0.15) is 11.9 Å². The Morgan fingerprint density at radius 1 is 0.967 bits per heavy atom. The van der Waals surface area contributed by atoms with Gasteiger partial charge in [0, 0.05) is 29.3 Å². The zero-order valence-corrected chi connectivity index (χ0v) is 16.8. The molecule has 7 nitrogen and oxygen atoms in total. The van der Waals surface area contributed by atoms with Crippen molar-refractivity contribution in [2.45, 2.75) is 19.6 Å². The van der Waals surface area contributed by atoms with Gasteiger partial charge < -0.3 is 20.1 Å².